The number of amides is 1. The number of ether oxygens (including phenoxy) is 1. The standard InChI is InChI=1S/C15H16ClN3O2/c1-21-14-5-3-2-4-10(14)9-18-15(20)12-8-11(16)6-7-13(12)19-17/h2-8,19H,9,17H2,1H3,(H,18,20). The molecule has 0 aliphatic rings. The molecule has 0 fully saturated rings. The van der Waals surface area contributed by atoms with Crippen LogP contribution >= 0.6 is 11.6 Å². The van der Waals surface area contributed by atoms with Crippen LogP contribution in [0.3, 0.4) is 0 Å². The number of hydrogen-bond donors (Lipinski definition) is 3. The van der Waals surface area contributed by atoms with Gasteiger partial charge in [-0.3, -0.25) is 10.6 Å². The average Bonchev–Trinajstić information content (AvgIpc) is 2.52. The summed E-state index contributed by atoms with van der Waals surface area (Å²) in [6, 6.07) is 12.4. The molecule has 0 aromatic heterocycles. The van der Waals surface area contributed by atoms with Gasteiger partial charge in [0.05, 0.1) is 18.4 Å². The van der Waals surface area contributed by atoms with Crippen LogP contribution in [0.4, 0.5) is 5.69 Å². The molecule has 0 saturated heterocycles. The quantitative estimate of drug-likeness (QED) is 0.586. The minimum Gasteiger partial charge on any atom is -0.496 e. The van der Waals surface area contributed by atoms with Crippen molar-refractivity contribution in [2.75, 3.05) is 12.5 Å². The molecule has 0 bridgehead atoms. The first kappa shape index (κ1) is 15.2. The summed E-state index contributed by atoms with van der Waals surface area (Å²) in [6.45, 7) is 0.347. The van der Waals surface area contributed by atoms with Crippen molar-refractivity contribution in [2.45, 2.75) is 6.54 Å². The molecule has 2 rings (SSSR count). The molecule has 0 atom stereocenters. The van der Waals surface area contributed by atoms with Crippen LogP contribution in [-0.2, 0) is 6.54 Å². The fraction of sp³-hybridized carbons (Fsp3) is 0.133. The van der Waals surface area contributed by atoms with Gasteiger partial charge in [-0.2, -0.15) is 0 Å². The van der Waals surface area contributed by atoms with Crippen LogP contribution < -0.4 is 21.3 Å². The second-order valence-corrected chi connectivity index (χ2v) is 4.77. The molecule has 0 heterocycles. The van der Waals surface area contributed by atoms with Gasteiger partial charge in [0, 0.05) is 17.1 Å². The molecule has 2 aromatic rings. The Morgan fingerprint density at radius 1 is 1.29 bits per heavy atom. The molecule has 0 aliphatic carbocycles. The predicted octanol–water partition coefficient (Wildman–Crippen LogP) is 2.56. The Balaban J connectivity index is 2.13. The van der Waals surface area contributed by atoms with Crippen LogP contribution in [-0.4, -0.2) is 13.0 Å². The van der Waals surface area contributed by atoms with E-state index in [1.165, 1.54) is 0 Å². The lowest BCUT2D eigenvalue weighted by atomic mass is 10.1. The van der Waals surface area contributed by atoms with E-state index in [-0.39, 0.29) is 5.91 Å². The number of halogens is 1. The number of hydrazine groups is 1. The third-order valence-corrected chi connectivity index (χ3v) is 3.25. The summed E-state index contributed by atoms with van der Waals surface area (Å²) in [5.41, 5.74) is 4.27. The van der Waals surface area contributed by atoms with Crippen molar-refractivity contribution < 1.29 is 9.53 Å². The number of carbonyl (C=O) groups is 1. The number of methoxy groups -OCH3 is 1. The number of nitrogen functional groups attached to an aromatic ring is 1. The normalized spacial score (nSPS) is 10.0. The Hall–Kier alpha value is -2.24. The van der Waals surface area contributed by atoms with Crippen LogP contribution in [0.5, 0.6) is 5.75 Å². The predicted molar refractivity (Wildman–Crippen MR) is 83.4 cm³/mol. The zero-order chi connectivity index (χ0) is 15.2. The monoisotopic (exact) mass is 305 g/mol. The molecule has 110 valence electrons. The van der Waals surface area contributed by atoms with E-state index < -0.39 is 0 Å². The number of carbonyl (C=O) groups excluding carboxylic acids is 1. The molecule has 0 unspecified atom stereocenters. The molecule has 0 saturated carbocycles. The van der Waals surface area contributed by atoms with E-state index in [1.54, 1.807) is 25.3 Å². The molecular weight excluding hydrogens is 290 g/mol. The van der Waals surface area contributed by atoms with Gasteiger partial charge in [-0.05, 0) is 24.3 Å². The highest BCUT2D eigenvalue weighted by atomic mass is 35.5. The van der Waals surface area contributed by atoms with Crippen molar-refractivity contribution in [2.24, 2.45) is 5.84 Å². The summed E-state index contributed by atoms with van der Waals surface area (Å²) < 4.78 is 5.24. The summed E-state index contributed by atoms with van der Waals surface area (Å²) >= 11 is 5.91. The first-order valence-electron chi connectivity index (χ1n) is 6.32. The van der Waals surface area contributed by atoms with Gasteiger partial charge in [-0.15, -0.1) is 0 Å². The fourth-order valence-electron chi connectivity index (χ4n) is 1.95. The fourth-order valence-corrected chi connectivity index (χ4v) is 2.12. The number of nitrogens with one attached hydrogen (secondary N) is 2. The van der Waals surface area contributed by atoms with Gasteiger partial charge < -0.3 is 15.5 Å². The summed E-state index contributed by atoms with van der Waals surface area (Å²) in [7, 11) is 1.59. The van der Waals surface area contributed by atoms with Crippen molar-refractivity contribution in [1.29, 1.82) is 0 Å². The Morgan fingerprint density at radius 3 is 2.76 bits per heavy atom. The third kappa shape index (κ3) is 3.65. The SMILES string of the molecule is COc1ccccc1CNC(=O)c1cc(Cl)ccc1NN. The van der Waals surface area contributed by atoms with E-state index in [9.17, 15) is 4.79 Å². The highest BCUT2D eigenvalue weighted by Crippen LogP contribution is 2.21. The van der Waals surface area contributed by atoms with Crippen LogP contribution in [0, 0.1) is 0 Å². The summed E-state index contributed by atoms with van der Waals surface area (Å²) in [6.07, 6.45) is 0. The van der Waals surface area contributed by atoms with Crippen molar-refractivity contribution in [3.8, 4) is 5.75 Å². The summed E-state index contributed by atoms with van der Waals surface area (Å²) in [5.74, 6) is 5.85. The molecule has 0 spiro atoms. The summed E-state index contributed by atoms with van der Waals surface area (Å²) in [4.78, 5) is 12.2. The van der Waals surface area contributed by atoms with Crippen molar-refractivity contribution >= 4 is 23.2 Å². The van der Waals surface area contributed by atoms with Gasteiger partial charge >= 0.3 is 0 Å². The van der Waals surface area contributed by atoms with E-state index in [4.69, 9.17) is 22.2 Å². The summed E-state index contributed by atoms with van der Waals surface area (Å²) in [5, 5.41) is 3.29. The Bertz CT molecular complexity index is 647. The van der Waals surface area contributed by atoms with Crippen LogP contribution in [0.15, 0.2) is 42.5 Å². The Morgan fingerprint density at radius 2 is 2.05 bits per heavy atom. The smallest absolute Gasteiger partial charge is 0.253 e. The molecule has 2 aromatic carbocycles. The number of nitrogens with two attached hydrogens (primary N) is 1. The number of benzene rings is 2. The van der Waals surface area contributed by atoms with Gasteiger partial charge in [0.15, 0.2) is 0 Å². The Labute approximate surface area is 128 Å². The van der Waals surface area contributed by atoms with E-state index in [0.717, 1.165) is 11.3 Å². The number of hydrogen-bond acceptors (Lipinski definition) is 4. The molecule has 6 heteroatoms. The highest BCUT2D eigenvalue weighted by Gasteiger charge is 2.12. The first-order chi connectivity index (χ1) is 10.2. The molecule has 1 amide bonds. The number of para-hydroxylation sites is 1. The topological polar surface area (TPSA) is 76.4 Å². The minimum atomic E-state index is -0.267. The number of rotatable bonds is 5. The van der Waals surface area contributed by atoms with Crippen molar-refractivity contribution in [1.82, 2.24) is 5.32 Å². The van der Waals surface area contributed by atoms with Crippen LogP contribution in [0.25, 0.3) is 0 Å². The van der Waals surface area contributed by atoms with Crippen LogP contribution in [0.1, 0.15) is 15.9 Å². The zero-order valence-electron chi connectivity index (χ0n) is 11.5. The van der Waals surface area contributed by atoms with Gasteiger partial charge in [0.2, 0.25) is 0 Å². The second-order valence-electron chi connectivity index (χ2n) is 4.33. The number of anilines is 1. The van der Waals surface area contributed by atoms with Crippen molar-refractivity contribution in [3.63, 3.8) is 0 Å². The molecule has 0 radical (unpaired) electrons. The lowest BCUT2D eigenvalue weighted by Crippen LogP contribution is -2.25. The van der Waals surface area contributed by atoms with E-state index in [1.807, 2.05) is 24.3 Å². The highest BCUT2D eigenvalue weighted by molar-refractivity contribution is 6.31. The van der Waals surface area contributed by atoms with E-state index >= 15 is 0 Å². The average molecular weight is 306 g/mol. The van der Waals surface area contributed by atoms with Crippen LogP contribution in [0.2, 0.25) is 5.02 Å². The maximum absolute atomic E-state index is 12.2. The van der Waals surface area contributed by atoms with Gasteiger partial charge in [-0.1, -0.05) is 29.8 Å². The molecule has 21 heavy (non-hydrogen) atoms. The maximum Gasteiger partial charge on any atom is 0.253 e. The molecule has 5 nitrogen and oxygen atoms in total. The molecular formula is C15H16ClN3O2. The van der Waals surface area contributed by atoms with Crippen molar-refractivity contribution in [3.05, 3.63) is 58.6 Å². The van der Waals surface area contributed by atoms with E-state index in [2.05, 4.69) is 10.7 Å². The van der Waals surface area contributed by atoms with Gasteiger partial charge in [0.25, 0.3) is 5.91 Å². The zero-order valence-corrected chi connectivity index (χ0v) is 12.3. The van der Waals surface area contributed by atoms with Gasteiger partial charge in [0.1, 0.15) is 5.75 Å². The molecule has 4 N–H and O–H groups in total. The second kappa shape index (κ2) is 6.97. The Kier molecular flexibility index (Phi) is 5.03. The lowest BCUT2D eigenvalue weighted by molar-refractivity contribution is 0.0951. The lowest BCUT2D eigenvalue weighted by Gasteiger charge is -2.12. The molecule has 0 aliphatic heterocycles. The maximum atomic E-state index is 12.2. The largest absolute Gasteiger partial charge is 0.496 e. The minimum absolute atomic E-state index is 0.267. The van der Waals surface area contributed by atoms with Gasteiger partial charge in [-0.25, -0.2) is 0 Å². The van der Waals surface area contributed by atoms with E-state index in [0.29, 0.717) is 22.8 Å². The third-order valence-electron chi connectivity index (χ3n) is 3.01. The first-order valence-corrected chi connectivity index (χ1v) is 6.69.